The second kappa shape index (κ2) is 6.60. The molecule has 1 N–H and O–H groups in total. The lowest BCUT2D eigenvalue weighted by Crippen LogP contribution is -2.41. The van der Waals surface area contributed by atoms with Crippen molar-refractivity contribution in [2.24, 2.45) is 0 Å². The van der Waals surface area contributed by atoms with Crippen LogP contribution in [0.25, 0.3) is 0 Å². The van der Waals surface area contributed by atoms with Gasteiger partial charge in [-0.15, -0.1) is 0 Å². The molecule has 0 aromatic heterocycles. The largest absolute Gasteiger partial charge is 0.491 e. The zero-order chi connectivity index (χ0) is 16.3. The standard InChI is InChI=1S/C16H22F2N2O2/c1-11(2)22-13-6-4-5-12(7-13)9-20(3)15(21)14-8-16(17,18)10-19-14/h4-7,11,14,19H,8-10H2,1-3H3. The molecule has 6 heteroatoms. The lowest BCUT2D eigenvalue weighted by Gasteiger charge is -2.21. The predicted octanol–water partition coefficient (Wildman–Crippen LogP) is 2.43. The molecule has 1 aromatic rings. The van der Waals surface area contributed by atoms with Crippen molar-refractivity contribution in [2.45, 2.75) is 44.9 Å². The molecule has 0 bridgehead atoms. The summed E-state index contributed by atoms with van der Waals surface area (Å²) < 4.78 is 31.9. The minimum absolute atomic E-state index is 0.0690. The van der Waals surface area contributed by atoms with E-state index in [1.54, 1.807) is 7.05 Å². The summed E-state index contributed by atoms with van der Waals surface area (Å²) in [5.41, 5.74) is 0.902. The molecule has 2 rings (SSSR count). The number of likely N-dealkylation sites (N-methyl/N-ethyl adjacent to an activating group) is 1. The molecule has 1 heterocycles. The van der Waals surface area contributed by atoms with Crippen LogP contribution in [0.15, 0.2) is 24.3 Å². The van der Waals surface area contributed by atoms with E-state index in [1.165, 1.54) is 4.90 Å². The summed E-state index contributed by atoms with van der Waals surface area (Å²) in [6.45, 7) is 3.80. The lowest BCUT2D eigenvalue weighted by atomic mass is 10.1. The van der Waals surface area contributed by atoms with E-state index < -0.39 is 24.9 Å². The normalized spacial score (nSPS) is 20.2. The number of carbonyl (C=O) groups excluding carboxylic acids is 1. The first-order valence-corrected chi connectivity index (χ1v) is 7.38. The molecular formula is C16H22F2N2O2. The Kier molecular flexibility index (Phi) is 5.01. The molecule has 0 aliphatic carbocycles. The van der Waals surface area contributed by atoms with Crippen molar-refractivity contribution in [3.05, 3.63) is 29.8 Å². The van der Waals surface area contributed by atoms with Gasteiger partial charge in [-0.2, -0.15) is 0 Å². The number of rotatable bonds is 5. The van der Waals surface area contributed by atoms with Gasteiger partial charge in [0.25, 0.3) is 5.92 Å². The molecule has 0 radical (unpaired) electrons. The third kappa shape index (κ3) is 4.40. The molecule has 122 valence electrons. The van der Waals surface area contributed by atoms with Gasteiger partial charge in [-0.3, -0.25) is 10.1 Å². The molecule has 1 amide bonds. The van der Waals surface area contributed by atoms with Crippen LogP contribution in [0.1, 0.15) is 25.8 Å². The van der Waals surface area contributed by atoms with Crippen molar-refractivity contribution in [1.29, 1.82) is 0 Å². The van der Waals surface area contributed by atoms with E-state index in [-0.39, 0.29) is 12.0 Å². The number of amides is 1. The Morgan fingerprint density at radius 1 is 1.50 bits per heavy atom. The summed E-state index contributed by atoms with van der Waals surface area (Å²) >= 11 is 0. The molecule has 0 spiro atoms. The molecule has 1 aromatic carbocycles. The summed E-state index contributed by atoms with van der Waals surface area (Å²) in [4.78, 5) is 13.7. The molecule has 1 fully saturated rings. The first-order valence-electron chi connectivity index (χ1n) is 7.38. The van der Waals surface area contributed by atoms with E-state index in [0.29, 0.717) is 6.54 Å². The van der Waals surface area contributed by atoms with Gasteiger partial charge in [0.2, 0.25) is 5.91 Å². The number of ether oxygens (including phenoxy) is 1. The number of nitrogens with zero attached hydrogens (tertiary/aromatic N) is 1. The van der Waals surface area contributed by atoms with Crippen molar-refractivity contribution >= 4 is 5.91 Å². The maximum absolute atomic E-state index is 13.2. The van der Waals surface area contributed by atoms with E-state index >= 15 is 0 Å². The van der Waals surface area contributed by atoms with E-state index in [2.05, 4.69) is 5.32 Å². The van der Waals surface area contributed by atoms with Crippen LogP contribution in [-0.4, -0.2) is 42.5 Å². The molecule has 1 atom stereocenters. The molecule has 1 aliphatic heterocycles. The summed E-state index contributed by atoms with van der Waals surface area (Å²) in [5, 5.41) is 2.58. The number of hydrogen-bond donors (Lipinski definition) is 1. The molecule has 0 saturated carbocycles. The highest BCUT2D eigenvalue weighted by atomic mass is 19.3. The second-order valence-corrected chi connectivity index (χ2v) is 6.00. The van der Waals surface area contributed by atoms with Gasteiger partial charge < -0.3 is 9.64 Å². The summed E-state index contributed by atoms with van der Waals surface area (Å²) in [6.07, 6.45) is -0.369. The average Bonchev–Trinajstić information content (AvgIpc) is 2.77. The predicted molar refractivity (Wildman–Crippen MR) is 80.0 cm³/mol. The van der Waals surface area contributed by atoms with E-state index in [9.17, 15) is 13.6 Å². The van der Waals surface area contributed by atoms with Crippen molar-refractivity contribution in [1.82, 2.24) is 10.2 Å². The highest BCUT2D eigenvalue weighted by Gasteiger charge is 2.43. The van der Waals surface area contributed by atoms with Crippen molar-refractivity contribution < 1.29 is 18.3 Å². The fraction of sp³-hybridized carbons (Fsp3) is 0.562. The highest BCUT2D eigenvalue weighted by Crippen LogP contribution is 2.26. The first kappa shape index (κ1) is 16.7. The zero-order valence-corrected chi connectivity index (χ0v) is 13.1. The van der Waals surface area contributed by atoms with Crippen molar-refractivity contribution in [3.8, 4) is 5.75 Å². The SMILES string of the molecule is CC(C)Oc1cccc(CN(C)C(=O)C2CC(F)(F)CN2)c1. The number of halogens is 2. The molecule has 1 aliphatic rings. The number of alkyl halides is 2. The van der Waals surface area contributed by atoms with Gasteiger partial charge >= 0.3 is 0 Å². The van der Waals surface area contributed by atoms with Crippen LogP contribution in [-0.2, 0) is 11.3 Å². The third-order valence-electron chi connectivity index (χ3n) is 3.47. The van der Waals surface area contributed by atoms with Crippen LogP contribution < -0.4 is 10.1 Å². The number of nitrogens with one attached hydrogen (secondary N) is 1. The van der Waals surface area contributed by atoms with Gasteiger partial charge in [0.05, 0.1) is 18.7 Å². The van der Waals surface area contributed by atoms with Gasteiger partial charge in [-0.05, 0) is 31.5 Å². The third-order valence-corrected chi connectivity index (χ3v) is 3.47. The summed E-state index contributed by atoms with van der Waals surface area (Å²) in [6, 6.07) is 6.64. The molecule has 22 heavy (non-hydrogen) atoms. The fourth-order valence-electron chi connectivity index (χ4n) is 2.50. The molecule has 4 nitrogen and oxygen atoms in total. The monoisotopic (exact) mass is 312 g/mol. The maximum atomic E-state index is 13.2. The van der Waals surface area contributed by atoms with Crippen LogP contribution in [0, 0.1) is 0 Å². The minimum atomic E-state index is -2.80. The maximum Gasteiger partial charge on any atom is 0.262 e. The van der Waals surface area contributed by atoms with Crippen LogP contribution in [0.4, 0.5) is 8.78 Å². The Hall–Kier alpha value is -1.69. The lowest BCUT2D eigenvalue weighted by molar-refractivity contribution is -0.132. The smallest absolute Gasteiger partial charge is 0.262 e. The van der Waals surface area contributed by atoms with Gasteiger partial charge in [0.15, 0.2) is 0 Å². The molecule has 1 saturated heterocycles. The highest BCUT2D eigenvalue weighted by molar-refractivity contribution is 5.82. The number of benzene rings is 1. The van der Waals surface area contributed by atoms with Crippen molar-refractivity contribution in [2.75, 3.05) is 13.6 Å². The van der Waals surface area contributed by atoms with E-state index in [1.807, 2.05) is 38.1 Å². The zero-order valence-electron chi connectivity index (χ0n) is 13.1. The number of hydrogen-bond acceptors (Lipinski definition) is 3. The number of carbonyl (C=O) groups is 1. The molecule has 1 unspecified atom stereocenters. The Bertz CT molecular complexity index is 535. The summed E-state index contributed by atoms with van der Waals surface area (Å²) in [7, 11) is 1.62. The van der Waals surface area contributed by atoms with E-state index in [0.717, 1.165) is 11.3 Å². The minimum Gasteiger partial charge on any atom is -0.491 e. The van der Waals surface area contributed by atoms with Crippen LogP contribution in [0.3, 0.4) is 0 Å². The Morgan fingerprint density at radius 3 is 2.82 bits per heavy atom. The van der Waals surface area contributed by atoms with Crippen molar-refractivity contribution in [3.63, 3.8) is 0 Å². The van der Waals surface area contributed by atoms with Gasteiger partial charge in [-0.25, -0.2) is 8.78 Å². The van der Waals surface area contributed by atoms with E-state index in [4.69, 9.17) is 4.74 Å². The van der Waals surface area contributed by atoms with Gasteiger partial charge in [0.1, 0.15) is 5.75 Å². The fourth-order valence-corrected chi connectivity index (χ4v) is 2.50. The quantitative estimate of drug-likeness (QED) is 0.908. The Balaban J connectivity index is 1.97. The van der Waals surface area contributed by atoms with Crippen LogP contribution >= 0.6 is 0 Å². The average molecular weight is 312 g/mol. The van der Waals surface area contributed by atoms with Gasteiger partial charge in [0, 0.05) is 20.0 Å². The topological polar surface area (TPSA) is 41.6 Å². The van der Waals surface area contributed by atoms with Gasteiger partial charge in [-0.1, -0.05) is 12.1 Å². The Morgan fingerprint density at radius 2 is 2.23 bits per heavy atom. The first-order chi connectivity index (χ1) is 10.3. The summed E-state index contributed by atoms with van der Waals surface area (Å²) in [5.74, 6) is -2.38. The Labute approximate surface area is 129 Å². The second-order valence-electron chi connectivity index (χ2n) is 6.00. The van der Waals surface area contributed by atoms with Crippen LogP contribution in [0.2, 0.25) is 0 Å². The molecular weight excluding hydrogens is 290 g/mol. The van der Waals surface area contributed by atoms with Crippen LogP contribution in [0.5, 0.6) is 5.75 Å².